The molecule has 1 aliphatic rings. The summed E-state index contributed by atoms with van der Waals surface area (Å²) in [5.74, 6) is 3.05. The number of carbonyl (C=O) groups excluding carboxylic acids is 1. The molecule has 0 saturated carbocycles. The highest BCUT2D eigenvalue weighted by molar-refractivity contribution is 5.84. The van der Waals surface area contributed by atoms with Crippen LogP contribution in [0.4, 0.5) is 0 Å². The number of hydrogen-bond acceptors (Lipinski definition) is 13. The van der Waals surface area contributed by atoms with Crippen molar-refractivity contribution in [1.82, 2.24) is 4.98 Å². The van der Waals surface area contributed by atoms with E-state index in [9.17, 15) is 4.79 Å². The van der Waals surface area contributed by atoms with Crippen molar-refractivity contribution in [1.29, 1.82) is 0 Å². The Balaban J connectivity index is 0.000000238. The van der Waals surface area contributed by atoms with Crippen molar-refractivity contribution >= 4 is 6.29 Å². The Bertz CT molecular complexity index is 1220. The quantitative estimate of drug-likeness (QED) is 0.117. The van der Waals surface area contributed by atoms with Crippen molar-refractivity contribution in [2.24, 2.45) is 0 Å². The van der Waals surface area contributed by atoms with Gasteiger partial charge in [-0.3, -0.25) is 9.78 Å². The molecule has 0 radical (unpaired) electrons. The number of nitrogens with zero attached hydrogens (tertiary/aromatic N) is 1. The molecule has 13 heteroatoms. The predicted octanol–water partition coefficient (Wildman–Crippen LogP) is 4.17. The Kier molecular flexibility index (Phi) is 14.3. The number of ether oxygens (including phenoxy) is 11. The van der Waals surface area contributed by atoms with E-state index in [0.717, 1.165) is 17.9 Å². The van der Waals surface area contributed by atoms with Gasteiger partial charge in [0.25, 0.3) is 0 Å². The fourth-order valence-corrected chi connectivity index (χ4v) is 3.49. The number of pyridine rings is 1. The summed E-state index contributed by atoms with van der Waals surface area (Å²) in [6.45, 7) is 1.36. The van der Waals surface area contributed by atoms with E-state index in [2.05, 4.69) is 4.98 Å². The number of methoxy groups -OCH3 is 5. The fraction of sp³-hybridized carbons (Fsp3) is 0.400. The predicted molar refractivity (Wildman–Crippen MR) is 152 cm³/mol. The Morgan fingerprint density at radius 2 is 1.33 bits per heavy atom. The Labute approximate surface area is 250 Å². The van der Waals surface area contributed by atoms with Crippen molar-refractivity contribution in [3.05, 3.63) is 65.5 Å². The van der Waals surface area contributed by atoms with Gasteiger partial charge in [0.1, 0.15) is 35.7 Å². The maximum absolute atomic E-state index is 11.2. The Hall–Kier alpha value is -4.14. The number of aromatic nitrogens is 1. The first kappa shape index (κ1) is 33.4. The molecule has 0 aliphatic carbocycles. The summed E-state index contributed by atoms with van der Waals surface area (Å²) in [5.41, 5.74) is 2.14. The second kappa shape index (κ2) is 18.4. The van der Waals surface area contributed by atoms with E-state index >= 15 is 0 Å². The zero-order chi connectivity index (χ0) is 30.9. The summed E-state index contributed by atoms with van der Waals surface area (Å²) in [5, 5.41) is 0. The highest BCUT2D eigenvalue weighted by Crippen LogP contribution is 2.36. The highest BCUT2D eigenvalue weighted by atomic mass is 16.7. The van der Waals surface area contributed by atoms with Crippen LogP contribution in [0, 0.1) is 0 Å². The van der Waals surface area contributed by atoms with Gasteiger partial charge in [-0.1, -0.05) is 6.07 Å². The molecule has 13 nitrogen and oxygen atoms in total. The average molecular weight is 604 g/mol. The second-order valence-corrected chi connectivity index (χ2v) is 8.66. The Morgan fingerprint density at radius 3 is 1.84 bits per heavy atom. The number of aldehydes is 1. The lowest BCUT2D eigenvalue weighted by atomic mass is 10.1. The summed E-state index contributed by atoms with van der Waals surface area (Å²) in [7, 11) is 7.66. The summed E-state index contributed by atoms with van der Waals surface area (Å²) >= 11 is 0. The molecular weight excluding hydrogens is 566 g/mol. The maximum Gasteiger partial charge on any atom is 0.188 e. The molecule has 1 atom stereocenters. The van der Waals surface area contributed by atoms with Gasteiger partial charge < -0.3 is 52.1 Å². The third-order valence-electron chi connectivity index (χ3n) is 5.61. The molecular formula is C30H37NO12. The van der Waals surface area contributed by atoms with Crippen molar-refractivity contribution < 1.29 is 56.9 Å². The van der Waals surface area contributed by atoms with Crippen molar-refractivity contribution in [3.8, 4) is 34.5 Å². The van der Waals surface area contributed by atoms with Crippen LogP contribution in [0.3, 0.4) is 0 Å². The molecule has 2 heterocycles. The van der Waals surface area contributed by atoms with E-state index in [1.54, 1.807) is 32.5 Å². The van der Waals surface area contributed by atoms with Crippen LogP contribution in [0.5, 0.6) is 34.5 Å². The van der Waals surface area contributed by atoms with Gasteiger partial charge in [-0.25, -0.2) is 0 Å². The van der Waals surface area contributed by atoms with E-state index in [0.29, 0.717) is 47.4 Å². The lowest BCUT2D eigenvalue weighted by Crippen LogP contribution is -2.07. The molecule has 1 aliphatic heterocycles. The Morgan fingerprint density at radius 1 is 0.721 bits per heavy atom. The first-order chi connectivity index (χ1) is 21.1. The maximum atomic E-state index is 11.2. The summed E-state index contributed by atoms with van der Waals surface area (Å²) < 4.78 is 57.0. The van der Waals surface area contributed by atoms with E-state index in [1.807, 2.05) is 30.3 Å². The van der Waals surface area contributed by atoms with Crippen LogP contribution in [0.15, 0.2) is 48.7 Å². The molecule has 43 heavy (non-hydrogen) atoms. The molecule has 2 aromatic carbocycles. The fourth-order valence-electron chi connectivity index (χ4n) is 3.49. The molecule has 4 rings (SSSR count). The molecule has 0 amide bonds. The van der Waals surface area contributed by atoms with Crippen molar-refractivity contribution in [2.45, 2.75) is 12.7 Å². The summed E-state index contributed by atoms with van der Waals surface area (Å²) in [4.78, 5) is 15.5. The number of rotatable bonds is 18. The van der Waals surface area contributed by atoms with Gasteiger partial charge in [0.05, 0.1) is 31.2 Å². The van der Waals surface area contributed by atoms with Gasteiger partial charge in [-0.2, -0.15) is 0 Å². The molecule has 1 unspecified atom stereocenters. The molecule has 1 saturated heterocycles. The number of epoxide rings is 1. The van der Waals surface area contributed by atoms with Gasteiger partial charge >= 0.3 is 0 Å². The average Bonchev–Trinajstić information content (AvgIpc) is 3.90. The second-order valence-electron chi connectivity index (χ2n) is 8.66. The standard InChI is InChI=1S/C17H19NO5.C13H18O7/c1-19-11-23-14-5-4-13(18-8-14)9-21-16-7-12(17-10-22-17)3-6-15(16)20-2;1-15-7-18-10-4-12(19-8-16-2)11(6-14)13(5-10)20-9-17-3/h3-8,17H,9-11H2,1-2H3;4-6H,7-9H2,1-3H3. The molecule has 0 bridgehead atoms. The molecule has 3 aromatic rings. The van der Waals surface area contributed by atoms with Crippen molar-refractivity contribution in [2.75, 3.05) is 69.3 Å². The van der Waals surface area contributed by atoms with E-state index in [1.165, 1.54) is 21.3 Å². The molecule has 0 spiro atoms. The van der Waals surface area contributed by atoms with E-state index < -0.39 is 0 Å². The minimum atomic E-state index is -0.00170. The zero-order valence-electron chi connectivity index (χ0n) is 24.9. The molecule has 1 fully saturated rings. The smallest absolute Gasteiger partial charge is 0.188 e. The van der Waals surface area contributed by atoms with Crippen LogP contribution in [0.1, 0.15) is 27.7 Å². The van der Waals surface area contributed by atoms with E-state index in [4.69, 9.17) is 52.1 Å². The van der Waals surface area contributed by atoms with Gasteiger partial charge in [0.15, 0.2) is 45.0 Å². The lowest BCUT2D eigenvalue weighted by molar-refractivity contribution is 0.0402. The van der Waals surface area contributed by atoms with Gasteiger partial charge in [-0.05, 0) is 29.8 Å². The van der Waals surface area contributed by atoms with E-state index in [-0.39, 0.29) is 38.8 Å². The van der Waals surface area contributed by atoms with Crippen LogP contribution in [0.25, 0.3) is 0 Å². The largest absolute Gasteiger partial charge is 0.493 e. The van der Waals surface area contributed by atoms with Crippen LogP contribution >= 0.6 is 0 Å². The van der Waals surface area contributed by atoms with Crippen LogP contribution in [-0.4, -0.2) is 80.6 Å². The normalized spacial score (nSPS) is 13.3. The van der Waals surface area contributed by atoms with Gasteiger partial charge in [0.2, 0.25) is 0 Å². The molecule has 234 valence electrons. The molecule has 1 aromatic heterocycles. The SMILES string of the molecule is COCOc1cc(OCOC)c(C=O)c(OCOC)c1.COCOc1ccc(COc2cc(C3CO3)ccc2OC)nc1. The number of carbonyl (C=O) groups is 1. The zero-order valence-corrected chi connectivity index (χ0v) is 24.9. The first-order valence-corrected chi connectivity index (χ1v) is 13.0. The van der Waals surface area contributed by atoms with Gasteiger partial charge in [0, 0.05) is 40.6 Å². The van der Waals surface area contributed by atoms with Crippen molar-refractivity contribution in [3.63, 3.8) is 0 Å². The van der Waals surface area contributed by atoms with Crippen LogP contribution in [0.2, 0.25) is 0 Å². The topological polar surface area (TPSA) is 135 Å². The highest BCUT2D eigenvalue weighted by Gasteiger charge is 2.26. The first-order valence-electron chi connectivity index (χ1n) is 13.0. The minimum Gasteiger partial charge on any atom is -0.493 e. The number of benzene rings is 2. The summed E-state index contributed by atoms with van der Waals surface area (Å²) in [6, 6.07) is 12.6. The lowest BCUT2D eigenvalue weighted by Gasteiger charge is -2.14. The summed E-state index contributed by atoms with van der Waals surface area (Å²) in [6.07, 6.45) is 2.46. The van der Waals surface area contributed by atoms with Crippen LogP contribution in [-0.2, 0) is 30.3 Å². The third kappa shape index (κ3) is 10.9. The number of hydrogen-bond donors (Lipinski definition) is 0. The molecule has 0 N–H and O–H groups in total. The van der Waals surface area contributed by atoms with Gasteiger partial charge in [-0.15, -0.1) is 0 Å². The monoisotopic (exact) mass is 603 g/mol. The third-order valence-corrected chi connectivity index (χ3v) is 5.61. The van der Waals surface area contributed by atoms with Crippen LogP contribution < -0.4 is 28.4 Å². The minimum absolute atomic E-state index is 0.00170.